The average molecular weight is 1300 g/mol. The van der Waals surface area contributed by atoms with E-state index in [9.17, 15) is 28.8 Å². The topological polar surface area (TPSA) is 392 Å². The number of nitrogens with two attached hydrogens (primary N) is 6. The summed E-state index contributed by atoms with van der Waals surface area (Å²) >= 11 is 1.60. The van der Waals surface area contributed by atoms with Gasteiger partial charge in [0.1, 0.15) is 71.8 Å². The Hall–Kier alpha value is -7.05. The lowest BCUT2D eigenvalue weighted by Gasteiger charge is -2.38. The summed E-state index contributed by atoms with van der Waals surface area (Å²) in [6, 6.07) is 17.4. The number of rotatable bonds is 32. The smallest absolute Gasteiger partial charge is 0.331 e. The van der Waals surface area contributed by atoms with E-state index >= 15 is 0 Å². The SMILES string of the molecule is CSCC[C@H](N)C(=O)O.Cc1c(C)c2c(c(C)c1OC(=O)[C@@H](N)COC(=O)[C@@H](N)[C@@H](C)OC(=O)[C@@H](N)Cc1c[nH]c3ccccc13)CCC(C)(CCCC(C)CCCC(C)CCCC(C)C)O2.N[C@@H](Cc1ccc(O)cc1)C(=O)O.N[C@@H](Cc1ccccc1)C(=O)O. The highest BCUT2D eigenvalue weighted by Crippen LogP contribution is 2.45. The molecule has 0 amide bonds. The Kier molecular flexibility index (Phi) is 34.6. The van der Waals surface area contributed by atoms with Crippen LogP contribution >= 0.6 is 11.8 Å². The third-order valence-electron chi connectivity index (χ3n) is 16.5. The zero-order chi connectivity index (χ0) is 68.8. The molecule has 92 heavy (non-hydrogen) atoms. The van der Waals surface area contributed by atoms with Gasteiger partial charge in [-0.15, -0.1) is 0 Å². The minimum Gasteiger partial charge on any atom is -0.508 e. The summed E-state index contributed by atoms with van der Waals surface area (Å²) in [6.45, 7) is 18.5. The third kappa shape index (κ3) is 27.6. The maximum atomic E-state index is 13.2. The number of carbonyl (C=O) groups is 6. The number of aromatic nitrogens is 1. The van der Waals surface area contributed by atoms with E-state index in [-0.39, 0.29) is 24.2 Å². The molecular formula is C70H105N7O14S. The van der Waals surface area contributed by atoms with Crippen molar-refractivity contribution in [3.05, 3.63) is 124 Å². The van der Waals surface area contributed by atoms with Crippen molar-refractivity contribution in [2.24, 2.45) is 52.2 Å². The van der Waals surface area contributed by atoms with E-state index in [2.05, 4.69) is 39.6 Å². The van der Waals surface area contributed by atoms with Crippen LogP contribution in [0.1, 0.15) is 151 Å². The molecule has 3 unspecified atom stereocenters. The molecule has 22 heteroatoms. The number of fused-ring (bicyclic) bond motifs is 2. The lowest BCUT2D eigenvalue weighted by molar-refractivity contribution is -0.158. The molecule has 510 valence electrons. The van der Waals surface area contributed by atoms with Gasteiger partial charge in [-0.2, -0.15) is 11.8 Å². The molecule has 1 aliphatic rings. The van der Waals surface area contributed by atoms with E-state index in [1.807, 2.05) is 81.6 Å². The van der Waals surface area contributed by atoms with Crippen molar-refractivity contribution in [2.75, 3.05) is 18.6 Å². The first-order valence-electron chi connectivity index (χ1n) is 31.9. The number of nitrogens with one attached hydrogen (secondary N) is 1. The second kappa shape index (κ2) is 40.1. The first-order chi connectivity index (χ1) is 43.4. The van der Waals surface area contributed by atoms with Gasteiger partial charge in [0, 0.05) is 29.1 Å². The Morgan fingerprint density at radius 1 is 0.620 bits per heavy atom. The molecule has 0 fully saturated rings. The van der Waals surface area contributed by atoms with Crippen LogP contribution < -0.4 is 43.9 Å². The Morgan fingerprint density at radius 2 is 1.16 bits per heavy atom. The predicted molar refractivity (Wildman–Crippen MR) is 363 cm³/mol. The lowest BCUT2D eigenvalue weighted by atomic mass is 9.83. The second-order valence-electron chi connectivity index (χ2n) is 25.1. The summed E-state index contributed by atoms with van der Waals surface area (Å²) in [6.07, 6.45) is 17.1. The number of benzene rings is 4. The van der Waals surface area contributed by atoms with E-state index in [1.54, 1.807) is 30.1 Å². The Labute approximate surface area is 547 Å². The monoisotopic (exact) mass is 1300 g/mol. The zero-order valence-corrected chi connectivity index (χ0v) is 56.4. The molecule has 1 aliphatic heterocycles. The summed E-state index contributed by atoms with van der Waals surface area (Å²) in [5.74, 6) is -0.603. The maximum Gasteiger partial charge on any atom is 0.331 e. The van der Waals surface area contributed by atoms with Crippen LogP contribution in [0, 0.1) is 38.5 Å². The number of hydrogen-bond donors (Lipinski definition) is 11. The normalized spacial score (nSPS) is 16.3. The Bertz CT molecular complexity index is 3090. The fourth-order valence-electron chi connectivity index (χ4n) is 10.4. The molecule has 0 aliphatic carbocycles. The molecule has 17 N–H and O–H groups in total. The van der Waals surface area contributed by atoms with Gasteiger partial charge in [0.15, 0.2) is 0 Å². The minimum absolute atomic E-state index is 0.160. The van der Waals surface area contributed by atoms with Crippen LogP contribution in [-0.2, 0) is 63.9 Å². The van der Waals surface area contributed by atoms with Gasteiger partial charge in [0.25, 0.3) is 0 Å². The number of aromatic hydroxyl groups is 1. The summed E-state index contributed by atoms with van der Waals surface area (Å²) in [7, 11) is 0. The number of H-pyrrole nitrogens is 1. The number of phenols is 1. The van der Waals surface area contributed by atoms with E-state index < -0.39 is 84.8 Å². The number of carboxylic acids is 3. The van der Waals surface area contributed by atoms with Crippen molar-refractivity contribution >= 4 is 58.5 Å². The largest absolute Gasteiger partial charge is 0.508 e. The number of aromatic amines is 1. The molecular weight excluding hydrogens is 1190 g/mol. The standard InChI is InChI=1S/C47H72N4O7.C9H11NO3.C9H11NO2.C5H11NO2S/c1-28(2)15-12-16-29(3)17-13-18-30(4)19-14-23-47(9)24-22-36-33(7)42(31(5)32(6)43(36)58-47)57-45(53)39(49)27-55-46(54)41(50)34(8)56-44(52)38(48)25-35-26-51-40-21-11-10-20-37(35)40;10-8(9(12)13)5-6-1-3-7(11)4-2-6;10-8(9(11)12)6-7-4-2-1-3-5-7;1-9-3-2-4(6)5(7)8/h10-11,20-21,26,28-30,34,38-39,41,51H,12-19,22-25,27,48-50H2,1-9H3;1-4,8,11H,5,10H2,(H,12,13);1-5,8H,6,10H2,(H,11,12);4H,2-3,6H2,1H3,(H,7,8)/t29?,30?,34-,38+,39+,41+,47?;2*8-;4-/m1000/s1. The van der Waals surface area contributed by atoms with Crippen molar-refractivity contribution in [2.45, 2.75) is 207 Å². The van der Waals surface area contributed by atoms with Gasteiger partial charge < -0.3 is 78.8 Å². The Balaban J connectivity index is 0.000000518. The quantitative estimate of drug-likeness (QED) is 0.0141. The fraction of sp³-hybridized carbons (Fsp3) is 0.543. The van der Waals surface area contributed by atoms with Gasteiger partial charge >= 0.3 is 35.8 Å². The van der Waals surface area contributed by atoms with Crippen molar-refractivity contribution in [1.82, 2.24) is 4.98 Å². The van der Waals surface area contributed by atoms with Crippen LogP contribution in [0.2, 0.25) is 0 Å². The van der Waals surface area contributed by atoms with Crippen LogP contribution in [0.25, 0.3) is 10.9 Å². The molecule has 1 aromatic heterocycles. The van der Waals surface area contributed by atoms with Gasteiger partial charge in [-0.1, -0.05) is 133 Å². The summed E-state index contributed by atoms with van der Waals surface area (Å²) < 4.78 is 23.3. The number of carboxylic acid groups (broad SMARTS) is 3. The van der Waals surface area contributed by atoms with Gasteiger partial charge in [-0.25, -0.2) is 4.79 Å². The highest BCUT2D eigenvalue weighted by Gasteiger charge is 2.36. The van der Waals surface area contributed by atoms with Crippen molar-refractivity contribution < 1.29 is 68.1 Å². The lowest BCUT2D eigenvalue weighted by Crippen LogP contribution is -2.48. The average Bonchev–Trinajstić information content (AvgIpc) is 0.912. The van der Waals surface area contributed by atoms with Crippen LogP contribution in [0.4, 0.5) is 0 Å². The number of phenolic OH excluding ortho intramolecular Hbond substituents is 1. The van der Waals surface area contributed by atoms with Crippen molar-refractivity contribution in [3.8, 4) is 17.2 Å². The highest BCUT2D eigenvalue weighted by molar-refractivity contribution is 7.98. The highest BCUT2D eigenvalue weighted by atomic mass is 32.2. The molecule has 0 saturated heterocycles. The first-order valence-corrected chi connectivity index (χ1v) is 33.3. The molecule has 4 aromatic carbocycles. The molecule has 5 aromatic rings. The van der Waals surface area contributed by atoms with Gasteiger partial charge in [0.05, 0.1) is 0 Å². The molecule has 6 rings (SSSR count). The number of carbonyl (C=O) groups excluding carboxylic acids is 3. The molecule has 0 bridgehead atoms. The van der Waals surface area contributed by atoms with Crippen molar-refractivity contribution in [3.63, 3.8) is 0 Å². The van der Waals surface area contributed by atoms with Crippen LogP contribution in [0.3, 0.4) is 0 Å². The fourth-order valence-corrected chi connectivity index (χ4v) is 10.9. The van der Waals surface area contributed by atoms with Gasteiger partial charge in [-0.05, 0) is 161 Å². The number of para-hydroxylation sites is 1. The van der Waals surface area contributed by atoms with Gasteiger partial charge in [-0.3, -0.25) is 24.0 Å². The zero-order valence-electron chi connectivity index (χ0n) is 55.6. The summed E-state index contributed by atoms with van der Waals surface area (Å²) in [4.78, 5) is 72.8. The molecule has 10 atom stereocenters. The minimum atomic E-state index is -1.32. The van der Waals surface area contributed by atoms with Gasteiger partial charge in [0.2, 0.25) is 0 Å². The van der Waals surface area contributed by atoms with E-state index in [0.717, 1.165) is 98.9 Å². The van der Waals surface area contributed by atoms with E-state index in [0.29, 0.717) is 24.5 Å². The Morgan fingerprint density at radius 3 is 1.73 bits per heavy atom. The third-order valence-corrected chi connectivity index (χ3v) is 17.2. The van der Waals surface area contributed by atoms with Crippen molar-refractivity contribution in [1.29, 1.82) is 0 Å². The van der Waals surface area contributed by atoms with E-state index in [1.165, 1.54) is 64.0 Å². The van der Waals surface area contributed by atoms with E-state index in [4.69, 9.17) is 73.8 Å². The number of thioether (sulfide) groups is 1. The number of esters is 3. The summed E-state index contributed by atoms with van der Waals surface area (Å²) in [5, 5.41) is 35.2. The van der Waals surface area contributed by atoms with Crippen LogP contribution in [0.15, 0.2) is 85.1 Å². The van der Waals surface area contributed by atoms with Crippen LogP contribution in [-0.4, -0.2) is 128 Å². The molecule has 0 saturated carbocycles. The summed E-state index contributed by atoms with van der Waals surface area (Å²) in [5.41, 5.74) is 41.1. The maximum absolute atomic E-state index is 13.2. The second-order valence-corrected chi connectivity index (χ2v) is 26.1. The molecule has 0 spiro atoms. The van der Waals surface area contributed by atoms with Crippen LogP contribution in [0.5, 0.6) is 17.2 Å². The number of ether oxygens (including phenoxy) is 4. The molecule has 2 heterocycles. The molecule has 21 nitrogen and oxygen atoms in total. The number of hydrogen-bond acceptors (Lipinski definition) is 18. The first kappa shape index (κ1) is 79.2. The number of aliphatic carboxylic acids is 3. The molecule has 0 radical (unpaired) electrons. The predicted octanol–water partition coefficient (Wildman–Crippen LogP) is 9.36.